The molecule has 1 fully saturated rings. The van der Waals surface area contributed by atoms with E-state index in [9.17, 15) is 0 Å². The molecule has 0 amide bonds. The number of hydrogen-bond acceptors (Lipinski definition) is 2. The fourth-order valence-corrected chi connectivity index (χ4v) is 0.173. The van der Waals surface area contributed by atoms with Crippen molar-refractivity contribution >= 4 is 0 Å². The van der Waals surface area contributed by atoms with Crippen LogP contribution in [0.5, 0.6) is 0 Å². The Kier molecular flexibility index (Phi) is 4.14. The van der Waals surface area contributed by atoms with E-state index in [2.05, 4.69) is 4.74 Å². The molecule has 3 heteroatoms. The quantitative estimate of drug-likeness (QED) is 0.655. The SMILES string of the molecule is OCC1CO1.[Ac]. The molecule has 6 heavy (non-hydrogen) atoms. The molecule has 1 atom stereocenters. The van der Waals surface area contributed by atoms with Crippen LogP contribution in [-0.2, 0) is 4.74 Å². The minimum Gasteiger partial charge on any atom is -0.394 e. The Hall–Kier alpha value is 1.36. The molecule has 0 spiro atoms. The third-order valence-electron chi connectivity index (χ3n) is 0.606. The maximum absolute atomic E-state index is 8.08. The van der Waals surface area contributed by atoms with Crippen molar-refractivity contribution in [2.45, 2.75) is 6.10 Å². The van der Waals surface area contributed by atoms with Crippen molar-refractivity contribution in [1.82, 2.24) is 0 Å². The van der Waals surface area contributed by atoms with Gasteiger partial charge in [0, 0.05) is 44.1 Å². The van der Waals surface area contributed by atoms with E-state index in [1.54, 1.807) is 0 Å². The number of epoxide rings is 1. The molecule has 0 aromatic carbocycles. The first-order chi connectivity index (χ1) is 2.43. The van der Waals surface area contributed by atoms with Crippen LogP contribution in [0.15, 0.2) is 0 Å². The Bertz CT molecular complexity index is 35.8. The Labute approximate surface area is 72.4 Å². The molecule has 1 aliphatic rings. The van der Waals surface area contributed by atoms with Crippen molar-refractivity contribution in [3.05, 3.63) is 0 Å². The molecule has 33 valence electrons. The zero-order valence-corrected chi connectivity index (χ0v) is 8.17. The normalized spacial score (nSPS) is 28.5. The Balaban J connectivity index is 0.000000250. The molecule has 1 aliphatic heterocycles. The molecular formula is C3H6AcO2. The number of rotatable bonds is 1. The summed E-state index contributed by atoms with van der Waals surface area (Å²) in [5.41, 5.74) is 0. The van der Waals surface area contributed by atoms with Gasteiger partial charge in [-0.05, 0) is 0 Å². The summed E-state index contributed by atoms with van der Waals surface area (Å²) in [6.45, 7) is 0.955. The summed E-state index contributed by atoms with van der Waals surface area (Å²) < 4.78 is 4.61. The van der Waals surface area contributed by atoms with Crippen molar-refractivity contribution in [3.63, 3.8) is 0 Å². The van der Waals surface area contributed by atoms with Crippen LogP contribution in [0.25, 0.3) is 0 Å². The molecule has 1 N–H and O–H groups in total. The minimum absolute atomic E-state index is 0. The minimum atomic E-state index is 0. The van der Waals surface area contributed by atoms with Gasteiger partial charge < -0.3 is 9.84 Å². The van der Waals surface area contributed by atoms with Crippen LogP contribution in [0.2, 0.25) is 0 Å². The average Bonchev–Trinajstić information content (AvgIpc) is 2.12. The van der Waals surface area contributed by atoms with Gasteiger partial charge in [0.1, 0.15) is 6.10 Å². The van der Waals surface area contributed by atoms with Gasteiger partial charge >= 0.3 is 0 Å². The van der Waals surface area contributed by atoms with Gasteiger partial charge in [-0.25, -0.2) is 0 Å². The molecule has 0 aromatic rings. The van der Waals surface area contributed by atoms with Gasteiger partial charge in [0.25, 0.3) is 0 Å². The van der Waals surface area contributed by atoms with E-state index in [-0.39, 0.29) is 56.8 Å². The summed E-state index contributed by atoms with van der Waals surface area (Å²) >= 11 is 0. The third kappa shape index (κ3) is 2.52. The van der Waals surface area contributed by atoms with Gasteiger partial charge in [0.15, 0.2) is 0 Å². The van der Waals surface area contributed by atoms with Gasteiger partial charge in [-0.15, -0.1) is 0 Å². The van der Waals surface area contributed by atoms with Crippen LogP contribution in [0.3, 0.4) is 0 Å². The fourth-order valence-electron chi connectivity index (χ4n) is 0.173. The fraction of sp³-hybridized carbons (Fsp3) is 1.00. The molecule has 0 saturated carbocycles. The van der Waals surface area contributed by atoms with E-state index < -0.39 is 0 Å². The Morgan fingerprint density at radius 2 is 2.33 bits per heavy atom. The summed E-state index contributed by atoms with van der Waals surface area (Å²) in [5.74, 6) is 0. The van der Waals surface area contributed by atoms with Gasteiger partial charge in [0.2, 0.25) is 0 Å². The zero-order valence-electron chi connectivity index (χ0n) is 3.42. The van der Waals surface area contributed by atoms with Crippen molar-refractivity contribution in [2.75, 3.05) is 13.2 Å². The predicted molar refractivity (Wildman–Crippen MR) is 16.8 cm³/mol. The number of aliphatic hydroxyl groups excluding tert-OH is 1. The Morgan fingerprint density at radius 3 is 2.33 bits per heavy atom. The summed E-state index contributed by atoms with van der Waals surface area (Å²) in [4.78, 5) is 0. The van der Waals surface area contributed by atoms with Crippen molar-refractivity contribution < 1.29 is 53.9 Å². The molecule has 1 unspecified atom stereocenters. The second-order valence-electron chi connectivity index (χ2n) is 1.14. The third-order valence-corrected chi connectivity index (χ3v) is 0.606. The van der Waals surface area contributed by atoms with Crippen LogP contribution in [0.1, 0.15) is 0 Å². The standard InChI is InChI=1S/C3H6O2.Ac/c4-1-3-2-5-3;/h3-4H,1-2H2;. The summed E-state index contributed by atoms with van der Waals surface area (Å²) in [7, 11) is 0. The van der Waals surface area contributed by atoms with Crippen LogP contribution in [-0.4, -0.2) is 24.4 Å². The maximum Gasteiger partial charge on any atom is 0.104 e. The van der Waals surface area contributed by atoms with Crippen molar-refractivity contribution in [3.8, 4) is 0 Å². The monoisotopic (exact) mass is 301 g/mol. The molecule has 1 radical (unpaired) electrons. The van der Waals surface area contributed by atoms with Gasteiger partial charge in [-0.2, -0.15) is 0 Å². The first-order valence-electron chi connectivity index (χ1n) is 1.66. The van der Waals surface area contributed by atoms with Crippen LogP contribution in [0, 0.1) is 44.1 Å². The van der Waals surface area contributed by atoms with Crippen LogP contribution in [0.4, 0.5) is 0 Å². The molecule has 0 aromatic heterocycles. The van der Waals surface area contributed by atoms with Crippen LogP contribution >= 0.6 is 0 Å². The Morgan fingerprint density at radius 1 is 1.83 bits per heavy atom. The number of ether oxygens (including phenoxy) is 1. The molecule has 1 rings (SSSR count). The zero-order chi connectivity index (χ0) is 3.70. The van der Waals surface area contributed by atoms with Crippen molar-refractivity contribution in [1.29, 1.82) is 0 Å². The van der Waals surface area contributed by atoms with Crippen LogP contribution < -0.4 is 0 Å². The van der Waals surface area contributed by atoms with E-state index in [1.165, 1.54) is 0 Å². The second-order valence-corrected chi connectivity index (χ2v) is 1.14. The number of hydrogen-bond donors (Lipinski definition) is 1. The smallest absolute Gasteiger partial charge is 0.104 e. The first kappa shape index (κ1) is 7.36. The molecule has 0 aliphatic carbocycles. The van der Waals surface area contributed by atoms with Gasteiger partial charge in [-0.3, -0.25) is 0 Å². The number of aliphatic hydroxyl groups is 1. The average molecular weight is 301 g/mol. The molecule has 1 heterocycles. The first-order valence-corrected chi connectivity index (χ1v) is 1.66. The van der Waals surface area contributed by atoms with Crippen molar-refractivity contribution in [2.24, 2.45) is 0 Å². The molecule has 1 saturated heterocycles. The maximum atomic E-state index is 8.08. The van der Waals surface area contributed by atoms with E-state index in [0.717, 1.165) is 6.61 Å². The molecule has 0 bridgehead atoms. The van der Waals surface area contributed by atoms with E-state index >= 15 is 0 Å². The van der Waals surface area contributed by atoms with Gasteiger partial charge in [0.05, 0.1) is 13.2 Å². The van der Waals surface area contributed by atoms with E-state index in [0.29, 0.717) is 0 Å². The van der Waals surface area contributed by atoms with E-state index in [1.807, 2.05) is 0 Å². The predicted octanol–water partition coefficient (Wildman–Crippen LogP) is -0.623. The summed E-state index contributed by atoms with van der Waals surface area (Å²) in [6.07, 6.45) is 0.190. The summed E-state index contributed by atoms with van der Waals surface area (Å²) in [6, 6.07) is 0. The second kappa shape index (κ2) is 3.37. The molecular weight excluding hydrogens is 295 g/mol. The van der Waals surface area contributed by atoms with Gasteiger partial charge in [-0.1, -0.05) is 0 Å². The van der Waals surface area contributed by atoms with E-state index in [4.69, 9.17) is 5.11 Å². The largest absolute Gasteiger partial charge is 0.394 e. The molecule has 2 nitrogen and oxygen atoms in total. The topological polar surface area (TPSA) is 32.8 Å². The summed E-state index contributed by atoms with van der Waals surface area (Å²) in [5, 5.41) is 8.08.